The molecule has 3 aromatic rings. The molecule has 1 atom stereocenters. The molecule has 4 amide bonds. The molecule has 0 fully saturated rings. The molecule has 0 bridgehead atoms. The van der Waals surface area contributed by atoms with Crippen molar-refractivity contribution in [2.24, 2.45) is 0 Å². The van der Waals surface area contributed by atoms with Crippen molar-refractivity contribution in [2.45, 2.75) is 50.1 Å². The number of benzene rings is 3. The van der Waals surface area contributed by atoms with E-state index in [0.717, 1.165) is 29.2 Å². The Labute approximate surface area is 321 Å². The first-order valence-corrected chi connectivity index (χ1v) is 17.7. The first-order valence-electron chi connectivity index (χ1n) is 17.7. The SMILES string of the molecule is CCN(C)C(=O)C(CCC(=O)Oc1c(F)cc(NC(=O)C2(c3ccc(C(F)(F)F)cc3)C=CC=CC2)c(C(=O)N(C)C)c1F)(C(=O)N(C)CC)c1ccccc1. The normalized spacial score (nSPS) is 15.2. The van der Waals surface area contributed by atoms with Gasteiger partial charge in [-0.2, -0.15) is 13.2 Å². The predicted octanol–water partition coefficient (Wildman–Crippen LogP) is 6.66. The second kappa shape index (κ2) is 17.3. The number of hydrogen-bond donors (Lipinski definition) is 1. The number of allylic oxidation sites excluding steroid dienone is 3. The Kier molecular flexibility index (Phi) is 13.2. The molecule has 0 spiro atoms. The van der Waals surface area contributed by atoms with Gasteiger partial charge in [-0.05, 0) is 49.9 Å². The highest BCUT2D eigenvalue weighted by molar-refractivity contribution is 6.11. The van der Waals surface area contributed by atoms with Gasteiger partial charge in [0.2, 0.25) is 23.5 Å². The van der Waals surface area contributed by atoms with Crippen LogP contribution in [-0.2, 0) is 36.2 Å². The van der Waals surface area contributed by atoms with Crippen LogP contribution in [0.4, 0.5) is 27.6 Å². The molecule has 1 unspecified atom stereocenters. The van der Waals surface area contributed by atoms with Crippen molar-refractivity contribution in [3.8, 4) is 5.75 Å². The number of nitrogens with one attached hydrogen (secondary N) is 1. The summed E-state index contributed by atoms with van der Waals surface area (Å²) in [6.45, 7) is 3.86. The summed E-state index contributed by atoms with van der Waals surface area (Å²) >= 11 is 0. The molecule has 1 N–H and O–H groups in total. The van der Waals surface area contributed by atoms with Gasteiger partial charge >= 0.3 is 12.1 Å². The third kappa shape index (κ3) is 8.51. The van der Waals surface area contributed by atoms with Crippen LogP contribution in [0.15, 0.2) is 85.0 Å². The lowest BCUT2D eigenvalue weighted by atomic mass is 9.74. The number of esters is 1. The van der Waals surface area contributed by atoms with E-state index in [-0.39, 0.29) is 30.6 Å². The molecular weight excluding hydrogens is 739 g/mol. The van der Waals surface area contributed by atoms with E-state index in [1.54, 1.807) is 56.3 Å². The van der Waals surface area contributed by atoms with Gasteiger partial charge in [-0.25, -0.2) is 8.78 Å². The fraction of sp³-hybridized carbons (Fsp3) is 0.341. The quantitative estimate of drug-likeness (QED) is 0.0898. The summed E-state index contributed by atoms with van der Waals surface area (Å²) in [6, 6.07) is 12.5. The van der Waals surface area contributed by atoms with E-state index in [4.69, 9.17) is 4.74 Å². The van der Waals surface area contributed by atoms with Gasteiger partial charge < -0.3 is 24.8 Å². The number of hydrogen-bond acceptors (Lipinski definition) is 6. The number of likely N-dealkylation sites (N-methyl/N-ethyl adjacent to an activating group) is 2. The van der Waals surface area contributed by atoms with Crippen molar-refractivity contribution in [3.63, 3.8) is 0 Å². The van der Waals surface area contributed by atoms with Crippen molar-refractivity contribution in [2.75, 3.05) is 46.6 Å². The zero-order chi connectivity index (χ0) is 41.6. The maximum Gasteiger partial charge on any atom is 0.416 e. The molecule has 0 aliphatic heterocycles. The van der Waals surface area contributed by atoms with Crippen LogP contribution in [-0.4, -0.2) is 85.6 Å². The van der Waals surface area contributed by atoms with Gasteiger partial charge in [-0.3, -0.25) is 24.0 Å². The number of carbonyl (C=O) groups is 5. The Morgan fingerprint density at radius 3 is 1.91 bits per heavy atom. The molecule has 0 aromatic heterocycles. The molecule has 10 nitrogen and oxygen atoms in total. The average molecular weight is 783 g/mol. The second-order valence-electron chi connectivity index (χ2n) is 13.5. The van der Waals surface area contributed by atoms with E-state index >= 15 is 8.78 Å². The van der Waals surface area contributed by atoms with Crippen LogP contribution in [0.5, 0.6) is 5.75 Å². The van der Waals surface area contributed by atoms with Gasteiger partial charge in [-0.15, -0.1) is 0 Å². The molecule has 0 saturated carbocycles. The van der Waals surface area contributed by atoms with E-state index in [1.165, 1.54) is 50.1 Å². The van der Waals surface area contributed by atoms with Crippen molar-refractivity contribution >= 4 is 35.3 Å². The molecule has 56 heavy (non-hydrogen) atoms. The lowest BCUT2D eigenvalue weighted by Gasteiger charge is -2.37. The largest absolute Gasteiger partial charge is 0.420 e. The van der Waals surface area contributed by atoms with Gasteiger partial charge in [0.15, 0.2) is 17.0 Å². The number of halogens is 5. The van der Waals surface area contributed by atoms with E-state index in [9.17, 15) is 37.1 Å². The number of ether oxygens (including phenoxy) is 1. The van der Waals surface area contributed by atoms with Gasteiger partial charge in [0.25, 0.3) is 5.91 Å². The number of nitrogens with zero attached hydrogens (tertiary/aromatic N) is 3. The Balaban J connectivity index is 1.73. The van der Waals surface area contributed by atoms with Crippen LogP contribution < -0.4 is 10.1 Å². The van der Waals surface area contributed by atoms with Crippen molar-refractivity contribution in [1.29, 1.82) is 0 Å². The molecule has 4 rings (SSSR count). The highest BCUT2D eigenvalue weighted by Gasteiger charge is 2.50. The lowest BCUT2D eigenvalue weighted by molar-refractivity contribution is -0.149. The summed E-state index contributed by atoms with van der Waals surface area (Å²) in [5.41, 5.74) is -5.60. The predicted molar refractivity (Wildman–Crippen MR) is 199 cm³/mol. The first-order chi connectivity index (χ1) is 26.3. The Hall–Kier alpha value is -5.86. The molecule has 3 aromatic carbocycles. The van der Waals surface area contributed by atoms with Crippen molar-refractivity contribution < 1.29 is 50.7 Å². The van der Waals surface area contributed by atoms with Crippen molar-refractivity contribution in [1.82, 2.24) is 14.7 Å². The summed E-state index contributed by atoms with van der Waals surface area (Å²) in [5, 5.41) is 2.38. The van der Waals surface area contributed by atoms with Gasteiger partial charge in [0.1, 0.15) is 5.56 Å². The molecule has 298 valence electrons. The van der Waals surface area contributed by atoms with Gasteiger partial charge in [0, 0.05) is 53.8 Å². The number of carbonyl (C=O) groups excluding carboxylic acids is 5. The molecule has 1 aliphatic carbocycles. The maximum absolute atomic E-state index is 16.4. The highest BCUT2D eigenvalue weighted by atomic mass is 19.4. The van der Waals surface area contributed by atoms with E-state index in [1.807, 2.05) is 0 Å². The molecule has 0 radical (unpaired) electrons. The van der Waals surface area contributed by atoms with Crippen molar-refractivity contribution in [3.05, 3.63) is 119 Å². The zero-order valence-corrected chi connectivity index (χ0v) is 31.8. The van der Waals surface area contributed by atoms with Crippen LogP contribution in [0.25, 0.3) is 0 Å². The molecule has 1 aliphatic rings. The Morgan fingerprint density at radius 1 is 0.821 bits per heavy atom. The van der Waals surface area contributed by atoms with Gasteiger partial charge in [0.05, 0.1) is 16.7 Å². The summed E-state index contributed by atoms with van der Waals surface area (Å²) in [6.07, 6.45) is 0.292. The molecular formula is C41H43F5N4O6. The van der Waals surface area contributed by atoms with E-state index in [0.29, 0.717) is 6.07 Å². The van der Waals surface area contributed by atoms with Crippen LogP contribution in [0.2, 0.25) is 0 Å². The van der Waals surface area contributed by atoms with Crippen LogP contribution in [0.3, 0.4) is 0 Å². The number of alkyl halides is 3. The average Bonchev–Trinajstić information content (AvgIpc) is 3.18. The minimum Gasteiger partial charge on any atom is -0.420 e. The van der Waals surface area contributed by atoms with E-state index in [2.05, 4.69) is 5.32 Å². The van der Waals surface area contributed by atoms with E-state index < -0.39 is 93.6 Å². The standard InChI is InChI=1S/C41H43F5N4O6/c1-7-49(5)37(54)40(38(55)50(6)8-2,27-15-11-9-12-16-27)24-21-31(51)56-34-29(42)25-30(32(33(34)43)35(52)48(3)4)47-36(53)39(22-13-10-14-23-39)26-17-19-28(20-18-26)41(44,45)46/h9-20,22,25H,7-8,21,23-24H2,1-6H3,(H,47,53). The lowest BCUT2D eigenvalue weighted by Crippen LogP contribution is -2.55. The minimum absolute atomic E-state index is 0.0457. The zero-order valence-electron chi connectivity index (χ0n) is 31.8. The summed E-state index contributed by atoms with van der Waals surface area (Å²) in [7, 11) is 5.52. The van der Waals surface area contributed by atoms with Crippen LogP contribution in [0.1, 0.15) is 60.2 Å². The maximum atomic E-state index is 16.4. The third-order valence-electron chi connectivity index (χ3n) is 9.80. The summed E-state index contributed by atoms with van der Waals surface area (Å²) in [4.78, 5) is 72.4. The second-order valence-corrected chi connectivity index (χ2v) is 13.5. The third-order valence-corrected chi connectivity index (χ3v) is 9.80. The highest BCUT2D eigenvalue weighted by Crippen LogP contribution is 2.39. The smallest absolute Gasteiger partial charge is 0.416 e. The topological polar surface area (TPSA) is 116 Å². The van der Waals surface area contributed by atoms with Gasteiger partial charge in [-0.1, -0.05) is 66.8 Å². The number of anilines is 1. The monoisotopic (exact) mass is 782 g/mol. The first kappa shape index (κ1) is 42.9. The fourth-order valence-corrected chi connectivity index (χ4v) is 6.36. The fourth-order valence-electron chi connectivity index (χ4n) is 6.36. The molecule has 0 heterocycles. The molecule has 15 heteroatoms. The summed E-state index contributed by atoms with van der Waals surface area (Å²) < 4.78 is 77.3. The minimum atomic E-state index is -4.64. The molecule has 0 saturated heterocycles. The van der Waals surface area contributed by atoms with Crippen LogP contribution >= 0.6 is 0 Å². The summed E-state index contributed by atoms with van der Waals surface area (Å²) in [5.74, 6) is -8.82. The Bertz CT molecular complexity index is 2010. The number of rotatable bonds is 13. The van der Waals surface area contributed by atoms with Crippen LogP contribution in [0, 0.1) is 11.6 Å². The Morgan fingerprint density at radius 2 is 1.41 bits per heavy atom. The number of amides is 4.